The number of alkyl halides is 1. The molecule has 11 heteroatoms. The summed E-state index contributed by atoms with van der Waals surface area (Å²) in [6, 6.07) is 9.52. The van der Waals surface area contributed by atoms with E-state index in [1.807, 2.05) is 15.8 Å². The van der Waals surface area contributed by atoms with Gasteiger partial charge in [0.05, 0.1) is 30.2 Å². The second-order valence-electron chi connectivity index (χ2n) is 11.7. The summed E-state index contributed by atoms with van der Waals surface area (Å²) in [4.78, 5) is 6.38. The van der Waals surface area contributed by atoms with Gasteiger partial charge in [0.25, 0.3) is 0 Å². The molecule has 2 aliphatic heterocycles. The maximum Gasteiger partial charge on any atom is 0.244 e. The number of sulfonamides is 1. The molecule has 4 aliphatic rings. The summed E-state index contributed by atoms with van der Waals surface area (Å²) in [5.74, 6) is 0.665. The molecule has 2 aliphatic carbocycles. The number of hydrogen-bond donors (Lipinski definition) is 0. The largest absolute Gasteiger partial charge is 0.380 e. The summed E-state index contributed by atoms with van der Waals surface area (Å²) in [6.07, 6.45) is 8.12. The fourth-order valence-corrected chi connectivity index (χ4v) is 8.44. The molecule has 1 aromatic carbocycles. The molecule has 0 bridgehead atoms. The zero-order valence-corrected chi connectivity index (χ0v) is 23.7. The van der Waals surface area contributed by atoms with Crippen LogP contribution in [0.3, 0.4) is 0 Å². The Bertz CT molecular complexity index is 1590. The molecule has 3 fully saturated rings. The summed E-state index contributed by atoms with van der Waals surface area (Å²) in [6.45, 7) is 1.49. The van der Waals surface area contributed by atoms with Crippen LogP contribution in [0.5, 0.6) is 0 Å². The lowest BCUT2D eigenvalue weighted by molar-refractivity contribution is -0.0260. The van der Waals surface area contributed by atoms with Gasteiger partial charge in [-0.1, -0.05) is 5.57 Å². The van der Waals surface area contributed by atoms with Crippen molar-refractivity contribution in [2.75, 3.05) is 38.2 Å². The van der Waals surface area contributed by atoms with Crippen LogP contribution in [0, 0.1) is 17.2 Å². The first-order valence-corrected chi connectivity index (χ1v) is 15.6. The molecule has 2 aromatic heterocycles. The second kappa shape index (κ2) is 9.99. The predicted molar refractivity (Wildman–Crippen MR) is 150 cm³/mol. The van der Waals surface area contributed by atoms with Crippen LogP contribution in [0.15, 0.2) is 59.3 Å². The van der Waals surface area contributed by atoms with E-state index in [0.717, 1.165) is 29.8 Å². The fraction of sp³-hybridized carbons (Fsp3) is 0.467. The highest BCUT2D eigenvalue weighted by atomic mass is 32.2. The van der Waals surface area contributed by atoms with Gasteiger partial charge in [0.15, 0.2) is 0 Å². The number of methoxy groups -OCH3 is 1. The molecule has 7 rings (SSSR count). The Hall–Kier alpha value is -3.15. The number of fused-ring (bicyclic) bond motifs is 2. The summed E-state index contributed by atoms with van der Waals surface area (Å²) < 4.78 is 64.7. The van der Waals surface area contributed by atoms with E-state index >= 15 is 0 Å². The zero-order valence-electron chi connectivity index (χ0n) is 22.9. The average molecular weight is 582 g/mol. The van der Waals surface area contributed by atoms with Gasteiger partial charge in [-0.05, 0) is 86.1 Å². The molecule has 41 heavy (non-hydrogen) atoms. The normalized spacial score (nSPS) is 25.5. The highest BCUT2D eigenvalue weighted by Gasteiger charge is 2.54. The fourth-order valence-electron chi connectivity index (χ4n) is 6.98. The molecule has 2 saturated heterocycles. The molecule has 0 N–H and O–H groups in total. The third-order valence-electron chi connectivity index (χ3n) is 9.16. The van der Waals surface area contributed by atoms with E-state index in [1.165, 1.54) is 23.9 Å². The third-order valence-corrected chi connectivity index (χ3v) is 11.0. The molecule has 0 amide bonds. The first-order valence-electron chi connectivity index (χ1n) is 14.2. The number of rotatable bonds is 7. The standard InChI is InChI=1S/C30H33F2N5O3S/c1-40-29(20-2-3-20)30-15-21-16-34-37(25-6-4-23(31)5-7-25)27(21)14-22(30)10-13-36(19-30)41(38,39)26-8-9-28(33-17-26)35-12-11-24(32)18-35/h4-9,14,16-17,20,24,29H,2-3,10-13,15,18-19H2,1H3/t24-,29-,30?/m1/s1. The van der Waals surface area contributed by atoms with E-state index in [-0.39, 0.29) is 23.4 Å². The smallest absolute Gasteiger partial charge is 0.244 e. The van der Waals surface area contributed by atoms with Crippen molar-refractivity contribution in [2.24, 2.45) is 11.3 Å². The molecule has 0 spiro atoms. The van der Waals surface area contributed by atoms with Crippen LogP contribution >= 0.6 is 0 Å². The van der Waals surface area contributed by atoms with Crippen LogP contribution in [-0.2, 0) is 21.2 Å². The quantitative estimate of drug-likeness (QED) is 0.412. The van der Waals surface area contributed by atoms with Gasteiger partial charge in [0.2, 0.25) is 10.0 Å². The first-order chi connectivity index (χ1) is 19.8. The van der Waals surface area contributed by atoms with Crippen LogP contribution in [0.1, 0.15) is 36.9 Å². The van der Waals surface area contributed by atoms with Crippen molar-refractivity contribution in [3.8, 4) is 5.69 Å². The van der Waals surface area contributed by atoms with Crippen LogP contribution in [0.4, 0.5) is 14.6 Å². The number of anilines is 1. The van der Waals surface area contributed by atoms with Gasteiger partial charge in [0, 0.05) is 38.4 Å². The summed E-state index contributed by atoms with van der Waals surface area (Å²) in [5.41, 5.74) is 3.38. The molecule has 8 nitrogen and oxygen atoms in total. The SMILES string of the molecule is CO[C@H](C1CC1)C12Cc3cnn(-c4ccc(F)cc4)c3C=C1CCN(S(=O)(=O)c1ccc(N3CC[C@@H](F)C3)nc1)C2. The minimum absolute atomic E-state index is 0.126. The lowest BCUT2D eigenvalue weighted by atomic mass is 9.64. The molecule has 0 radical (unpaired) electrons. The van der Waals surface area contributed by atoms with Crippen molar-refractivity contribution in [1.29, 1.82) is 0 Å². The first kappa shape index (κ1) is 26.7. The summed E-state index contributed by atoms with van der Waals surface area (Å²) in [5, 5.41) is 4.63. The zero-order chi connectivity index (χ0) is 28.4. The Balaban J connectivity index is 1.22. The Morgan fingerprint density at radius 1 is 1.07 bits per heavy atom. The van der Waals surface area contributed by atoms with E-state index in [1.54, 1.807) is 35.7 Å². The minimum Gasteiger partial charge on any atom is -0.380 e. The lowest BCUT2D eigenvalue weighted by Gasteiger charge is -2.50. The van der Waals surface area contributed by atoms with E-state index in [4.69, 9.17) is 4.74 Å². The molecule has 3 aromatic rings. The number of piperidine rings is 1. The van der Waals surface area contributed by atoms with E-state index < -0.39 is 21.6 Å². The van der Waals surface area contributed by atoms with Gasteiger partial charge >= 0.3 is 0 Å². The predicted octanol–water partition coefficient (Wildman–Crippen LogP) is 4.40. The number of halogens is 2. The van der Waals surface area contributed by atoms with Crippen LogP contribution in [0.2, 0.25) is 0 Å². The molecular formula is C30H33F2N5O3S. The number of benzene rings is 1. The highest BCUT2D eigenvalue weighted by molar-refractivity contribution is 7.89. The Morgan fingerprint density at radius 3 is 2.54 bits per heavy atom. The number of nitrogens with zero attached hydrogens (tertiary/aromatic N) is 5. The average Bonchev–Trinajstić information content (AvgIpc) is 3.58. The van der Waals surface area contributed by atoms with Crippen molar-refractivity contribution in [2.45, 2.75) is 49.3 Å². The number of aromatic nitrogens is 3. The molecule has 3 atom stereocenters. The molecule has 1 unspecified atom stereocenters. The minimum atomic E-state index is -3.83. The van der Waals surface area contributed by atoms with Crippen LogP contribution in [-0.4, -0.2) is 73.1 Å². The van der Waals surface area contributed by atoms with Crippen molar-refractivity contribution >= 4 is 21.9 Å². The number of hydrogen-bond acceptors (Lipinski definition) is 6. The summed E-state index contributed by atoms with van der Waals surface area (Å²) >= 11 is 0. The van der Waals surface area contributed by atoms with E-state index in [0.29, 0.717) is 50.6 Å². The molecular weight excluding hydrogens is 548 g/mol. The van der Waals surface area contributed by atoms with Crippen molar-refractivity contribution in [3.05, 3.63) is 71.4 Å². The van der Waals surface area contributed by atoms with Gasteiger partial charge in [-0.25, -0.2) is 26.9 Å². The maximum absolute atomic E-state index is 14.0. The molecule has 1 saturated carbocycles. The topological polar surface area (TPSA) is 80.6 Å². The Kier molecular flexibility index (Phi) is 6.51. The van der Waals surface area contributed by atoms with Gasteiger partial charge < -0.3 is 9.64 Å². The van der Waals surface area contributed by atoms with Crippen molar-refractivity contribution in [1.82, 2.24) is 19.1 Å². The Labute approximate surface area is 238 Å². The number of ether oxygens (including phenoxy) is 1. The van der Waals surface area contributed by atoms with E-state index in [9.17, 15) is 17.2 Å². The third kappa shape index (κ3) is 4.58. The van der Waals surface area contributed by atoms with Gasteiger partial charge in [-0.15, -0.1) is 0 Å². The Morgan fingerprint density at radius 2 is 1.88 bits per heavy atom. The number of pyridine rings is 1. The van der Waals surface area contributed by atoms with Crippen LogP contribution in [0.25, 0.3) is 11.8 Å². The highest BCUT2D eigenvalue weighted by Crippen LogP contribution is 2.53. The van der Waals surface area contributed by atoms with Gasteiger partial charge in [-0.3, -0.25) is 0 Å². The van der Waals surface area contributed by atoms with Crippen molar-refractivity contribution < 1.29 is 21.9 Å². The van der Waals surface area contributed by atoms with Crippen LogP contribution < -0.4 is 4.90 Å². The van der Waals surface area contributed by atoms with Gasteiger partial charge in [-0.2, -0.15) is 9.40 Å². The van der Waals surface area contributed by atoms with Gasteiger partial charge in [0.1, 0.15) is 22.7 Å². The maximum atomic E-state index is 14.0. The monoisotopic (exact) mass is 581 g/mol. The van der Waals surface area contributed by atoms with Crippen molar-refractivity contribution in [3.63, 3.8) is 0 Å². The van der Waals surface area contributed by atoms with E-state index in [2.05, 4.69) is 16.2 Å². The molecule has 4 heterocycles. The second-order valence-corrected chi connectivity index (χ2v) is 13.7. The lowest BCUT2D eigenvalue weighted by Crippen LogP contribution is -2.55. The summed E-state index contributed by atoms with van der Waals surface area (Å²) in [7, 11) is -2.10. The molecule has 216 valence electrons.